The molecule has 0 aliphatic carbocycles. The lowest BCUT2D eigenvalue weighted by molar-refractivity contribution is -0.387. The number of carbonyl (C=O) groups is 1. The molecule has 0 radical (unpaired) electrons. The highest BCUT2D eigenvalue weighted by Crippen LogP contribution is 2.28. The summed E-state index contributed by atoms with van der Waals surface area (Å²) in [6.45, 7) is 0.629. The van der Waals surface area contributed by atoms with Gasteiger partial charge in [0.2, 0.25) is 0 Å². The quantitative estimate of drug-likeness (QED) is 0.303. The first-order chi connectivity index (χ1) is 12.0. The molecule has 25 heavy (non-hydrogen) atoms. The second-order valence-electron chi connectivity index (χ2n) is 5.81. The van der Waals surface area contributed by atoms with Gasteiger partial charge >= 0.3 is 0 Å². The summed E-state index contributed by atoms with van der Waals surface area (Å²) < 4.78 is 0. The SMILES string of the molecule is CSc1ccc(C(=O)N(C)CCCCc2ccccc2)cc1[N+](=O)[O-]. The summed E-state index contributed by atoms with van der Waals surface area (Å²) in [5, 5.41) is 11.1. The number of amides is 1. The van der Waals surface area contributed by atoms with Crippen LogP contribution in [0.15, 0.2) is 53.4 Å². The van der Waals surface area contributed by atoms with Gasteiger partial charge in [-0.1, -0.05) is 30.3 Å². The zero-order valence-corrected chi connectivity index (χ0v) is 15.3. The van der Waals surface area contributed by atoms with E-state index in [0.717, 1.165) is 19.3 Å². The maximum Gasteiger partial charge on any atom is 0.283 e. The first-order valence-corrected chi connectivity index (χ1v) is 9.37. The van der Waals surface area contributed by atoms with Crippen molar-refractivity contribution in [2.45, 2.75) is 24.2 Å². The molecule has 5 nitrogen and oxygen atoms in total. The molecule has 0 aromatic heterocycles. The third-order valence-electron chi connectivity index (χ3n) is 4.02. The van der Waals surface area contributed by atoms with Gasteiger partial charge in [-0.3, -0.25) is 14.9 Å². The fourth-order valence-electron chi connectivity index (χ4n) is 2.61. The lowest BCUT2D eigenvalue weighted by atomic mass is 10.1. The Balaban J connectivity index is 1.91. The molecule has 0 aliphatic heterocycles. The maximum atomic E-state index is 12.5. The molecule has 0 bridgehead atoms. The van der Waals surface area contributed by atoms with Gasteiger partial charge in [0.1, 0.15) is 0 Å². The minimum atomic E-state index is -0.442. The summed E-state index contributed by atoms with van der Waals surface area (Å²) >= 11 is 1.30. The predicted molar refractivity (Wildman–Crippen MR) is 101 cm³/mol. The van der Waals surface area contributed by atoms with Crippen molar-refractivity contribution in [3.05, 3.63) is 69.8 Å². The van der Waals surface area contributed by atoms with Crippen LogP contribution in [0, 0.1) is 10.1 Å². The van der Waals surface area contributed by atoms with Crippen LogP contribution in [0.25, 0.3) is 0 Å². The summed E-state index contributed by atoms with van der Waals surface area (Å²) in [6.07, 6.45) is 4.65. The van der Waals surface area contributed by atoms with Crippen molar-refractivity contribution in [1.82, 2.24) is 4.90 Å². The monoisotopic (exact) mass is 358 g/mol. The number of benzene rings is 2. The van der Waals surface area contributed by atoms with Crippen LogP contribution >= 0.6 is 11.8 Å². The zero-order chi connectivity index (χ0) is 18.2. The summed E-state index contributed by atoms with van der Waals surface area (Å²) in [5.41, 5.74) is 1.63. The number of unbranched alkanes of at least 4 members (excludes halogenated alkanes) is 1. The van der Waals surface area contributed by atoms with Gasteiger partial charge < -0.3 is 4.90 Å². The van der Waals surface area contributed by atoms with Gasteiger partial charge in [0.25, 0.3) is 11.6 Å². The number of rotatable bonds is 8. The van der Waals surface area contributed by atoms with E-state index < -0.39 is 4.92 Å². The lowest BCUT2D eigenvalue weighted by Gasteiger charge is -2.17. The average molecular weight is 358 g/mol. The normalized spacial score (nSPS) is 10.5. The molecule has 0 fully saturated rings. The molecule has 0 atom stereocenters. The van der Waals surface area contributed by atoms with Crippen molar-refractivity contribution in [1.29, 1.82) is 0 Å². The molecule has 0 spiro atoms. The molecular formula is C19H22N2O3S. The van der Waals surface area contributed by atoms with Gasteiger partial charge in [0.05, 0.1) is 9.82 Å². The van der Waals surface area contributed by atoms with Crippen LogP contribution in [0.2, 0.25) is 0 Å². The fraction of sp³-hybridized carbons (Fsp3) is 0.316. The molecule has 0 heterocycles. The first kappa shape index (κ1) is 19.0. The summed E-state index contributed by atoms with van der Waals surface area (Å²) in [7, 11) is 1.74. The molecule has 0 unspecified atom stereocenters. The molecule has 6 heteroatoms. The van der Waals surface area contributed by atoms with Gasteiger partial charge in [-0.15, -0.1) is 11.8 Å². The number of nitro groups is 1. The molecule has 0 aliphatic rings. The Morgan fingerprint density at radius 1 is 1.16 bits per heavy atom. The van der Waals surface area contributed by atoms with Crippen LogP contribution in [-0.4, -0.2) is 35.6 Å². The van der Waals surface area contributed by atoms with Gasteiger partial charge in [-0.2, -0.15) is 0 Å². The Bertz CT molecular complexity index is 735. The third kappa shape index (κ3) is 5.32. The van der Waals surface area contributed by atoms with Gasteiger partial charge in [-0.05, 0) is 43.2 Å². The molecule has 132 valence electrons. The summed E-state index contributed by atoms with van der Waals surface area (Å²) in [6, 6.07) is 14.9. The highest BCUT2D eigenvalue weighted by atomic mass is 32.2. The Kier molecular flexibility index (Phi) is 7.01. The number of aryl methyl sites for hydroxylation is 1. The second kappa shape index (κ2) is 9.22. The number of thioether (sulfide) groups is 1. The van der Waals surface area contributed by atoms with Gasteiger partial charge in [0.15, 0.2) is 0 Å². The molecule has 0 N–H and O–H groups in total. The van der Waals surface area contributed by atoms with E-state index in [1.54, 1.807) is 30.3 Å². The Morgan fingerprint density at radius 2 is 1.88 bits per heavy atom. The van der Waals surface area contributed by atoms with E-state index in [2.05, 4.69) is 12.1 Å². The second-order valence-corrected chi connectivity index (χ2v) is 6.66. The maximum absolute atomic E-state index is 12.5. The van der Waals surface area contributed by atoms with E-state index in [4.69, 9.17) is 0 Å². The standard InChI is InChI=1S/C19H22N2O3S/c1-20(13-7-6-10-15-8-4-3-5-9-15)19(22)16-11-12-18(25-2)17(14-16)21(23)24/h3-5,8-9,11-12,14H,6-7,10,13H2,1-2H3. The highest BCUT2D eigenvalue weighted by Gasteiger charge is 2.19. The molecule has 2 rings (SSSR count). The van der Waals surface area contributed by atoms with E-state index >= 15 is 0 Å². The molecule has 1 amide bonds. The number of hydrogen-bond donors (Lipinski definition) is 0. The van der Waals surface area contributed by atoms with Crippen LogP contribution < -0.4 is 0 Å². The lowest BCUT2D eigenvalue weighted by Crippen LogP contribution is -2.27. The minimum Gasteiger partial charge on any atom is -0.342 e. The van der Waals surface area contributed by atoms with Crippen LogP contribution in [0.4, 0.5) is 5.69 Å². The third-order valence-corrected chi connectivity index (χ3v) is 4.81. The topological polar surface area (TPSA) is 63.5 Å². The van der Waals surface area contributed by atoms with E-state index in [-0.39, 0.29) is 11.6 Å². The Morgan fingerprint density at radius 3 is 2.52 bits per heavy atom. The van der Waals surface area contributed by atoms with Crippen molar-refractivity contribution < 1.29 is 9.72 Å². The zero-order valence-electron chi connectivity index (χ0n) is 14.5. The van der Waals surface area contributed by atoms with E-state index in [1.165, 1.54) is 23.4 Å². The first-order valence-electron chi connectivity index (χ1n) is 8.14. The number of hydrogen-bond acceptors (Lipinski definition) is 4. The van der Waals surface area contributed by atoms with Crippen molar-refractivity contribution >= 4 is 23.4 Å². The minimum absolute atomic E-state index is 0.0178. The Hall–Kier alpha value is -2.34. The molecule has 2 aromatic rings. The van der Waals surface area contributed by atoms with E-state index in [1.807, 2.05) is 18.2 Å². The smallest absolute Gasteiger partial charge is 0.283 e. The number of carbonyl (C=O) groups excluding carboxylic acids is 1. The fourth-order valence-corrected chi connectivity index (χ4v) is 3.16. The largest absolute Gasteiger partial charge is 0.342 e. The number of nitrogens with zero attached hydrogens (tertiary/aromatic N) is 2. The molecule has 2 aromatic carbocycles. The summed E-state index contributed by atoms with van der Waals surface area (Å²) in [4.78, 5) is 25.4. The van der Waals surface area contributed by atoms with E-state index in [0.29, 0.717) is 17.0 Å². The van der Waals surface area contributed by atoms with Gasteiger partial charge in [0, 0.05) is 25.2 Å². The van der Waals surface area contributed by atoms with Crippen LogP contribution in [-0.2, 0) is 6.42 Å². The Labute approximate surface area is 152 Å². The van der Waals surface area contributed by atoms with Crippen molar-refractivity contribution in [2.24, 2.45) is 0 Å². The van der Waals surface area contributed by atoms with Crippen LogP contribution in [0.3, 0.4) is 0 Å². The van der Waals surface area contributed by atoms with Crippen molar-refractivity contribution in [3.63, 3.8) is 0 Å². The predicted octanol–water partition coefficient (Wildman–Crippen LogP) is 4.41. The van der Waals surface area contributed by atoms with Crippen LogP contribution in [0.5, 0.6) is 0 Å². The van der Waals surface area contributed by atoms with Crippen molar-refractivity contribution in [3.8, 4) is 0 Å². The summed E-state index contributed by atoms with van der Waals surface area (Å²) in [5.74, 6) is -0.185. The average Bonchev–Trinajstić information content (AvgIpc) is 2.64. The molecule has 0 saturated carbocycles. The number of nitro benzene ring substituents is 1. The van der Waals surface area contributed by atoms with Crippen LogP contribution in [0.1, 0.15) is 28.8 Å². The van der Waals surface area contributed by atoms with E-state index in [9.17, 15) is 14.9 Å². The van der Waals surface area contributed by atoms with Gasteiger partial charge in [-0.25, -0.2) is 0 Å². The molecular weight excluding hydrogens is 336 g/mol. The van der Waals surface area contributed by atoms with Crippen molar-refractivity contribution in [2.75, 3.05) is 19.8 Å². The highest BCUT2D eigenvalue weighted by molar-refractivity contribution is 7.98. The molecule has 0 saturated heterocycles.